The zero-order chi connectivity index (χ0) is 14.8. The van der Waals surface area contributed by atoms with Crippen molar-refractivity contribution in [2.45, 2.75) is 26.3 Å². The van der Waals surface area contributed by atoms with Gasteiger partial charge in [0, 0.05) is 17.8 Å². The molecule has 0 amide bonds. The zero-order valence-corrected chi connectivity index (χ0v) is 11.9. The molecule has 0 aliphatic heterocycles. The summed E-state index contributed by atoms with van der Waals surface area (Å²) in [5, 5.41) is 7.56. The first kappa shape index (κ1) is 13.5. The van der Waals surface area contributed by atoms with Gasteiger partial charge >= 0.3 is 0 Å². The molecule has 6 heteroatoms. The van der Waals surface area contributed by atoms with Crippen molar-refractivity contribution in [1.29, 1.82) is 0 Å². The molecular formula is C15H16FN5. The summed E-state index contributed by atoms with van der Waals surface area (Å²) in [6.07, 6.45) is 2.27. The van der Waals surface area contributed by atoms with Gasteiger partial charge in [0.2, 0.25) is 0 Å². The molecule has 0 saturated heterocycles. The second kappa shape index (κ2) is 5.47. The van der Waals surface area contributed by atoms with Crippen LogP contribution in [0.3, 0.4) is 0 Å². The van der Waals surface area contributed by atoms with Gasteiger partial charge in [-0.25, -0.2) is 9.37 Å². The van der Waals surface area contributed by atoms with Crippen molar-refractivity contribution in [3.05, 3.63) is 53.7 Å². The Kier molecular flexibility index (Phi) is 3.51. The highest BCUT2D eigenvalue weighted by atomic mass is 19.1. The summed E-state index contributed by atoms with van der Waals surface area (Å²) in [6.45, 7) is 3.99. The minimum atomic E-state index is -0.214. The lowest BCUT2D eigenvalue weighted by Gasteiger charge is -2.16. The van der Waals surface area contributed by atoms with Gasteiger partial charge in [0.1, 0.15) is 18.0 Å². The van der Waals surface area contributed by atoms with E-state index in [1.54, 1.807) is 16.6 Å². The molecule has 0 aliphatic rings. The first-order valence-electron chi connectivity index (χ1n) is 6.80. The summed E-state index contributed by atoms with van der Waals surface area (Å²) in [6, 6.07) is 8.67. The van der Waals surface area contributed by atoms with Crippen molar-refractivity contribution >= 4 is 11.6 Å². The van der Waals surface area contributed by atoms with Crippen molar-refractivity contribution in [3.63, 3.8) is 0 Å². The summed E-state index contributed by atoms with van der Waals surface area (Å²) >= 11 is 0. The third kappa shape index (κ3) is 2.99. The van der Waals surface area contributed by atoms with E-state index >= 15 is 0 Å². The molecule has 2 heterocycles. The Morgan fingerprint density at radius 1 is 1.29 bits per heavy atom. The number of hydrogen-bond acceptors (Lipinski definition) is 4. The number of hydrogen-bond donors (Lipinski definition) is 1. The largest absolute Gasteiger partial charge is 0.367 e. The van der Waals surface area contributed by atoms with Gasteiger partial charge in [-0.1, -0.05) is 12.1 Å². The van der Waals surface area contributed by atoms with Gasteiger partial charge in [0.25, 0.3) is 5.78 Å². The van der Waals surface area contributed by atoms with Crippen molar-refractivity contribution in [2.24, 2.45) is 0 Å². The third-order valence-electron chi connectivity index (χ3n) is 3.23. The second-order valence-corrected chi connectivity index (χ2v) is 5.13. The lowest BCUT2D eigenvalue weighted by Crippen LogP contribution is -2.20. The molecule has 21 heavy (non-hydrogen) atoms. The van der Waals surface area contributed by atoms with Crippen LogP contribution < -0.4 is 5.32 Å². The number of rotatable bonds is 4. The number of nitrogens with zero attached hydrogens (tertiary/aromatic N) is 4. The Balaban J connectivity index is 1.78. The lowest BCUT2D eigenvalue weighted by molar-refractivity contribution is 0.626. The van der Waals surface area contributed by atoms with Crippen molar-refractivity contribution in [2.75, 3.05) is 5.32 Å². The van der Waals surface area contributed by atoms with Crippen LogP contribution in [0.25, 0.3) is 5.78 Å². The molecule has 0 radical (unpaired) electrons. The molecule has 5 nitrogen and oxygen atoms in total. The minimum absolute atomic E-state index is 0.171. The van der Waals surface area contributed by atoms with Gasteiger partial charge < -0.3 is 5.32 Å². The average Bonchev–Trinajstić information content (AvgIpc) is 2.89. The monoisotopic (exact) mass is 285 g/mol. The topological polar surface area (TPSA) is 55.1 Å². The van der Waals surface area contributed by atoms with Crippen LogP contribution in [-0.4, -0.2) is 25.6 Å². The van der Waals surface area contributed by atoms with Crippen LogP contribution >= 0.6 is 0 Å². The number of nitrogens with one attached hydrogen (secondary N) is 1. The fourth-order valence-electron chi connectivity index (χ4n) is 2.31. The van der Waals surface area contributed by atoms with Crippen LogP contribution in [0.4, 0.5) is 10.2 Å². The smallest absolute Gasteiger partial charge is 0.254 e. The number of aryl methyl sites for hydroxylation is 1. The second-order valence-electron chi connectivity index (χ2n) is 5.13. The normalized spacial score (nSPS) is 12.5. The van der Waals surface area contributed by atoms with E-state index in [1.165, 1.54) is 18.5 Å². The molecule has 2 aromatic heterocycles. The standard InChI is InChI=1S/C15H16FN5/c1-10(7-12-3-5-13(16)6-4-12)19-14-8-11(2)20-15-17-9-18-21(14)15/h3-6,8-10,19H,7H2,1-2H3/t10-/m0/s1. The molecule has 0 spiro atoms. The molecule has 1 N–H and O–H groups in total. The fourth-order valence-corrected chi connectivity index (χ4v) is 2.31. The van der Waals surface area contributed by atoms with E-state index in [-0.39, 0.29) is 11.9 Å². The van der Waals surface area contributed by atoms with Gasteiger partial charge in [-0.05, 0) is 38.0 Å². The quantitative estimate of drug-likeness (QED) is 0.800. The van der Waals surface area contributed by atoms with E-state index in [4.69, 9.17) is 0 Å². The fraction of sp³-hybridized carbons (Fsp3) is 0.267. The SMILES string of the molecule is Cc1cc(N[C@@H](C)Cc2ccc(F)cc2)n2ncnc2n1. The van der Waals surface area contributed by atoms with Crippen LogP contribution in [0.2, 0.25) is 0 Å². The maximum atomic E-state index is 12.9. The zero-order valence-electron chi connectivity index (χ0n) is 11.9. The van der Waals surface area contributed by atoms with E-state index in [2.05, 4.69) is 27.3 Å². The predicted molar refractivity (Wildman–Crippen MR) is 78.7 cm³/mol. The van der Waals surface area contributed by atoms with Crippen LogP contribution in [0.5, 0.6) is 0 Å². The number of anilines is 1. The molecule has 1 atom stereocenters. The molecule has 0 unspecified atom stereocenters. The van der Waals surface area contributed by atoms with Crippen LogP contribution in [0, 0.1) is 12.7 Å². The lowest BCUT2D eigenvalue weighted by atomic mass is 10.1. The highest BCUT2D eigenvalue weighted by Crippen LogP contribution is 2.13. The van der Waals surface area contributed by atoms with Crippen molar-refractivity contribution in [1.82, 2.24) is 19.6 Å². The Morgan fingerprint density at radius 3 is 2.81 bits per heavy atom. The van der Waals surface area contributed by atoms with Crippen LogP contribution in [-0.2, 0) is 6.42 Å². The molecular weight excluding hydrogens is 269 g/mol. The molecule has 1 aromatic carbocycles. The molecule has 0 aliphatic carbocycles. The Labute approximate surface area is 121 Å². The van der Waals surface area contributed by atoms with Crippen LogP contribution in [0.15, 0.2) is 36.7 Å². The van der Waals surface area contributed by atoms with Gasteiger partial charge in [0.15, 0.2) is 0 Å². The predicted octanol–water partition coefficient (Wildman–Crippen LogP) is 2.61. The minimum Gasteiger partial charge on any atom is -0.367 e. The Bertz CT molecular complexity index is 750. The van der Waals surface area contributed by atoms with Gasteiger partial charge in [-0.15, -0.1) is 0 Å². The Hall–Kier alpha value is -2.50. The van der Waals surface area contributed by atoms with Crippen molar-refractivity contribution in [3.8, 4) is 0 Å². The van der Waals surface area contributed by atoms with Crippen LogP contribution in [0.1, 0.15) is 18.2 Å². The summed E-state index contributed by atoms with van der Waals surface area (Å²) in [5.74, 6) is 1.21. The number of aromatic nitrogens is 4. The average molecular weight is 285 g/mol. The summed E-state index contributed by atoms with van der Waals surface area (Å²) < 4.78 is 14.6. The van der Waals surface area contributed by atoms with E-state index in [9.17, 15) is 4.39 Å². The Morgan fingerprint density at radius 2 is 2.05 bits per heavy atom. The number of fused-ring (bicyclic) bond motifs is 1. The molecule has 0 fully saturated rings. The molecule has 0 bridgehead atoms. The molecule has 3 aromatic rings. The molecule has 3 rings (SSSR count). The van der Waals surface area contributed by atoms with Gasteiger partial charge in [0.05, 0.1) is 0 Å². The first-order valence-corrected chi connectivity index (χ1v) is 6.80. The summed E-state index contributed by atoms with van der Waals surface area (Å²) in [5.41, 5.74) is 1.96. The number of benzene rings is 1. The molecule has 108 valence electrons. The van der Waals surface area contributed by atoms with E-state index in [0.717, 1.165) is 23.5 Å². The maximum absolute atomic E-state index is 12.9. The third-order valence-corrected chi connectivity index (χ3v) is 3.23. The number of halogens is 1. The molecule has 0 saturated carbocycles. The van der Waals surface area contributed by atoms with E-state index < -0.39 is 0 Å². The van der Waals surface area contributed by atoms with Crippen molar-refractivity contribution < 1.29 is 4.39 Å². The summed E-state index contributed by atoms with van der Waals surface area (Å²) in [4.78, 5) is 8.41. The first-order chi connectivity index (χ1) is 10.1. The van der Waals surface area contributed by atoms with E-state index in [1.807, 2.05) is 13.0 Å². The van der Waals surface area contributed by atoms with Gasteiger partial charge in [-0.3, -0.25) is 0 Å². The maximum Gasteiger partial charge on any atom is 0.254 e. The summed E-state index contributed by atoms with van der Waals surface area (Å²) in [7, 11) is 0. The van der Waals surface area contributed by atoms with Gasteiger partial charge in [-0.2, -0.15) is 14.6 Å². The highest BCUT2D eigenvalue weighted by Gasteiger charge is 2.09. The highest BCUT2D eigenvalue weighted by molar-refractivity contribution is 5.45. The van der Waals surface area contributed by atoms with E-state index in [0.29, 0.717) is 5.78 Å².